The minimum atomic E-state index is -4.72. The van der Waals surface area contributed by atoms with Crippen molar-refractivity contribution < 1.29 is 42.5 Å². The lowest BCUT2D eigenvalue weighted by Crippen LogP contribution is -2.52. The summed E-state index contributed by atoms with van der Waals surface area (Å²) < 4.78 is 45.1. The topological polar surface area (TPSA) is 131 Å². The summed E-state index contributed by atoms with van der Waals surface area (Å²) in [5.41, 5.74) is -1.06. The third-order valence-electron chi connectivity index (χ3n) is 5.38. The molecule has 1 heterocycles. The van der Waals surface area contributed by atoms with Gasteiger partial charge in [-0.3, -0.25) is 9.69 Å². The standard InChI is InChI=1S/C24H20F3N3O6/c1-14-20(22(34)36-10-9-31)21(16-7-5-15(12-28)6-8-16)29(13-19(32)33)23(35)30(14)18-4-2-3-17(11-18)24(25,26)27/h2-8,11,21,31H,9-10,13H2,1H3,(H,32,33)/t21-/m1/s1. The van der Waals surface area contributed by atoms with Gasteiger partial charge in [0.15, 0.2) is 0 Å². The van der Waals surface area contributed by atoms with E-state index in [9.17, 15) is 32.7 Å². The number of nitrogens with zero attached hydrogens (tertiary/aromatic N) is 3. The SMILES string of the molecule is CC1=C(C(=O)OCCO)[C@@H](c2ccc(C#N)cc2)N(CC(=O)O)C(=O)N1c1cccc(C(F)(F)F)c1. The summed E-state index contributed by atoms with van der Waals surface area (Å²) in [6.45, 7) is -0.508. The van der Waals surface area contributed by atoms with E-state index in [0.29, 0.717) is 6.07 Å². The Morgan fingerprint density at radius 1 is 1.17 bits per heavy atom. The summed E-state index contributed by atoms with van der Waals surface area (Å²) in [6.07, 6.45) is -4.72. The first kappa shape index (κ1) is 26.2. The molecule has 0 aliphatic carbocycles. The molecule has 1 aliphatic rings. The minimum Gasteiger partial charge on any atom is -0.480 e. The predicted molar refractivity (Wildman–Crippen MR) is 118 cm³/mol. The van der Waals surface area contributed by atoms with Crippen LogP contribution in [-0.2, 0) is 20.5 Å². The number of urea groups is 1. The third-order valence-corrected chi connectivity index (χ3v) is 5.38. The number of aliphatic hydroxyl groups is 1. The highest BCUT2D eigenvalue weighted by Crippen LogP contribution is 2.41. The van der Waals surface area contributed by atoms with E-state index < -0.39 is 55.5 Å². The fourth-order valence-electron chi connectivity index (χ4n) is 3.85. The maximum Gasteiger partial charge on any atom is 0.416 e. The largest absolute Gasteiger partial charge is 0.480 e. The Morgan fingerprint density at radius 2 is 1.83 bits per heavy atom. The molecule has 0 unspecified atom stereocenters. The molecular formula is C24H20F3N3O6. The molecule has 0 saturated carbocycles. The smallest absolute Gasteiger partial charge is 0.416 e. The van der Waals surface area contributed by atoms with Crippen molar-refractivity contribution in [2.24, 2.45) is 0 Å². The number of esters is 1. The average Bonchev–Trinajstić information content (AvgIpc) is 2.83. The number of hydrogen-bond acceptors (Lipinski definition) is 6. The molecule has 2 aromatic carbocycles. The molecule has 3 rings (SSSR count). The second-order valence-corrected chi connectivity index (χ2v) is 7.68. The van der Waals surface area contributed by atoms with Crippen LogP contribution in [0.1, 0.15) is 29.7 Å². The van der Waals surface area contributed by atoms with Crippen molar-refractivity contribution in [3.05, 3.63) is 76.5 Å². The number of halogens is 3. The van der Waals surface area contributed by atoms with Gasteiger partial charge in [0.05, 0.1) is 41.1 Å². The number of rotatable bonds is 7. The molecule has 2 amide bonds. The van der Waals surface area contributed by atoms with Crippen LogP contribution in [0.25, 0.3) is 0 Å². The first-order valence-corrected chi connectivity index (χ1v) is 10.5. The highest BCUT2D eigenvalue weighted by molar-refractivity contribution is 6.04. The highest BCUT2D eigenvalue weighted by Gasteiger charge is 2.44. The number of ether oxygens (including phenoxy) is 1. The zero-order valence-corrected chi connectivity index (χ0v) is 18.8. The number of carbonyl (C=O) groups excluding carboxylic acids is 2. The predicted octanol–water partition coefficient (Wildman–Crippen LogP) is 3.45. The molecule has 12 heteroatoms. The highest BCUT2D eigenvalue weighted by atomic mass is 19.4. The Balaban J connectivity index is 2.27. The van der Waals surface area contributed by atoms with E-state index in [-0.39, 0.29) is 28.1 Å². The lowest BCUT2D eigenvalue weighted by atomic mass is 9.92. The summed E-state index contributed by atoms with van der Waals surface area (Å²) in [6, 6.07) is 9.12. The molecule has 188 valence electrons. The number of carbonyl (C=O) groups is 3. The molecule has 0 saturated heterocycles. The Kier molecular flexibility index (Phi) is 7.65. The van der Waals surface area contributed by atoms with E-state index in [1.165, 1.54) is 37.3 Å². The van der Waals surface area contributed by atoms with Crippen LogP contribution in [0.5, 0.6) is 0 Å². The van der Waals surface area contributed by atoms with Gasteiger partial charge in [0.1, 0.15) is 13.2 Å². The summed E-state index contributed by atoms with van der Waals surface area (Å²) in [5, 5.41) is 27.7. The molecule has 36 heavy (non-hydrogen) atoms. The first-order chi connectivity index (χ1) is 17.0. The third kappa shape index (κ3) is 5.31. The quantitative estimate of drug-likeness (QED) is 0.554. The van der Waals surface area contributed by atoms with E-state index in [1.54, 1.807) is 0 Å². The van der Waals surface area contributed by atoms with Gasteiger partial charge in [0.25, 0.3) is 0 Å². The fourth-order valence-corrected chi connectivity index (χ4v) is 3.85. The number of aliphatic hydroxyl groups excluding tert-OH is 1. The number of allylic oxidation sites excluding steroid dienone is 1. The molecular weight excluding hydrogens is 483 g/mol. The lowest BCUT2D eigenvalue weighted by Gasteiger charge is -2.42. The number of amides is 2. The zero-order chi connectivity index (χ0) is 26.6. The lowest BCUT2D eigenvalue weighted by molar-refractivity contribution is -0.142. The Bertz CT molecular complexity index is 1250. The fraction of sp³-hybridized carbons (Fsp3) is 0.250. The molecule has 0 spiro atoms. The van der Waals surface area contributed by atoms with E-state index in [1.807, 2.05) is 6.07 Å². The van der Waals surface area contributed by atoms with Gasteiger partial charge in [0.2, 0.25) is 0 Å². The molecule has 2 N–H and O–H groups in total. The summed E-state index contributed by atoms with van der Waals surface area (Å²) in [4.78, 5) is 39.9. The van der Waals surface area contributed by atoms with Gasteiger partial charge in [-0.25, -0.2) is 9.59 Å². The second-order valence-electron chi connectivity index (χ2n) is 7.68. The monoisotopic (exact) mass is 503 g/mol. The number of benzene rings is 2. The van der Waals surface area contributed by atoms with Crippen LogP contribution < -0.4 is 4.90 Å². The second kappa shape index (κ2) is 10.5. The number of aliphatic carboxylic acids is 1. The maximum absolute atomic E-state index is 13.6. The molecule has 0 radical (unpaired) electrons. The van der Waals surface area contributed by atoms with E-state index in [4.69, 9.17) is 15.1 Å². The van der Waals surface area contributed by atoms with Crippen LogP contribution in [0.2, 0.25) is 0 Å². The maximum atomic E-state index is 13.6. The van der Waals surface area contributed by atoms with Gasteiger partial charge >= 0.3 is 24.1 Å². The van der Waals surface area contributed by atoms with Crippen LogP contribution in [0.4, 0.5) is 23.7 Å². The van der Waals surface area contributed by atoms with E-state index in [0.717, 1.165) is 21.9 Å². The number of carboxylic acids is 1. The summed E-state index contributed by atoms with van der Waals surface area (Å²) in [7, 11) is 0. The molecule has 1 atom stereocenters. The van der Waals surface area contributed by atoms with Crippen LogP contribution in [0.3, 0.4) is 0 Å². The van der Waals surface area contributed by atoms with Crippen LogP contribution in [0.15, 0.2) is 59.8 Å². The van der Waals surface area contributed by atoms with Crippen LogP contribution in [-0.4, -0.2) is 52.8 Å². The molecule has 0 fully saturated rings. The van der Waals surface area contributed by atoms with Crippen LogP contribution in [0, 0.1) is 11.3 Å². The van der Waals surface area contributed by atoms with Gasteiger partial charge in [-0.15, -0.1) is 0 Å². The number of carboxylic acid groups (broad SMARTS) is 1. The van der Waals surface area contributed by atoms with Crippen molar-refractivity contribution in [3.63, 3.8) is 0 Å². The van der Waals surface area contributed by atoms with Crippen molar-refractivity contribution in [1.82, 2.24) is 4.90 Å². The molecule has 0 bridgehead atoms. The molecule has 1 aliphatic heterocycles. The minimum absolute atomic E-state index is 0.0849. The summed E-state index contributed by atoms with van der Waals surface area (Å²) >= 11 is 0. The molecule has 9 nitrogen and oxygen atoms in total. The molecule has 2 aromatic rings. The van der Waals surface area contributed by atoms with Crippen LogP contribution >= 0.6 is 0 Å². The van der Waals surface area contributed by atoms with E-state index in [2.05, 4.69) is 0 Å². The first-order valence-electron chi connectivity index (χ1n) is 10.5. The van der Waals surface area contributed by atoms with Crippen molar-refractivity contribution in [2.45, 2.75) is 19.1 Å². The molecule has 0 aromatic heterocycles. The van der Waals surface area contributed by atoms with Gasteiger partial charge < -0.3 is 19.8 Å². The number of hydrogen-bond donors (Lipinski definition) is 2. The number of alkyl halides is 3. The summed E-state index contributed by atoms with van der Waals surface area (Å²) in [5.74, 6) is -2.44. The van der Waals surface area contributed by atoms with Gasteiger partial charge in [-0.2, -0.15) is 18.4 Å². The zero-order valence-electron chi connectivity index (χ0n) is 18.8. The van der Waals surface area contributed by atoms with Crippen molar-refractivity contribution in [2.75, 3.05) is 24.7 Å². The average molecular weight is 503 g/mol. The van der Waals surface area contributed by atoms with Gasteiger partial charge in [-0.05, 0) is 42.8 Å². The van der Waals surface area contributed by atoms with Gasteiger partial charge in [0, 0.05) is 5.70 Å². The van der Waals surface area contributed by atoms with E-state index >= 15 is 0 Å². The number of anilines is 1. The van der Waals surface area contributed by atoms with Crippen molar-refractivity contribution >= 4 is 23.7 Å². The van der Waals surface area contributed by atoms with Crippen molar-refractivity contribution in [3.8, 4) is 6.07 Å². The Labute approximate surface area is 203 Å². The van der Waals surface area contributed by atoms with Gasteiger partial charge in [-0.1, -0.05) is 18.2 Å². The number of nitriles is 1. The Morgan fingerprint density at radius 3 is 2.39 bits per heavy atom. The Hall–Kier alpha value is -4.37. The normalized spacial score (nSPS) is 16.1. The van der Waals surface area contributed by atoms with Crippen molar-refractivity contribution in [1.29, 1.82) is 5.26 Å².